The highest BCUT2D eigenvalue weighted by molar-refractivity contribution is 5.58. The van der Waals surface area contributed by atoms with Crippen molar-refractivity contribution in [2.24, 2.45) is 0 Å². The highest BCUT2D eigenvalue weighted by Crippen LogP contribution is 2.26. The summed E-state index contributed by atoms with van der Waals surface area (Å²) < 4.78 is 43.3. The van der Waals surface area contributed by atoms with Crippen LogP contribution in [0.1, 0.15) is 11.3 Å². The monoisotopic (exact) mass is 431 g/mol. The Kier molecular flexibility index (Phi) is 5.01. The first-order chi connectivity index (χ1) is 14.7. The zero-order valence-electron chi connectivity index (χ0n) is 16.1. The molecule has 0 saturated heterocycles. The largest absolute Gasteiger partial charge is 0.573 e. The molecule has 0 radical (unpaired) electrons. The van der Waals surface area contributed by atoms with Gasteiger partial charge in [0.05, 0.1) is 17.9 Å². The molecule has 160 valence electrons. The summed E-state index contributed by atoms with van der Waals surface area (Å²) in [5, 5.41) is 10.5. The number of ether oxygens (including phenoxy) is 1. The summed E-state index contributed by atoms with van der Waals surface area (Å²) in [4.78, 5) is 24.3. The Morgan fingerprint density at radius 3 is 2.55 bits per heavy atom. The lowest BCUT2D eigenvalue weighted by atomic mass is 10.1. The molecular formula is C20H16F3N5O3. The van der Waals surface area contributed by atoms with Gasteiger partial charge in [0.15, 0.2) is 0 Å². The molecule has 2 N–H and O–H groups in total. The molecule has 4 aromatic rings. The molecule has 11 heteroatoms. The summed E-state index contributed by atoms with van der Waals surface area (Å²) in [6.07, 6.45) is 1.63. The van der Waals surface area contributed by atoms with E-state index in [1.807, 2.05) is 0 Å². The number of H-pyrrole nitrogens is 1. The number of rotatable bonds is 5. The maximum Gasteiger partial charge on any atom is 0.573 e. The number of imidazole rings is 2. The Labute approximate surface area is 173 Å². The number of hydrogen-bond donors (Lipinski definition) is 2. The maximum absolute atomic E-state index is 13.0. The van der Waals surface area contributed by atoms with Crippen LogP contribution >= 0.6 is 0 Å². The van der Waals surface area contributed by atoms with Crippen LogP contribution < -0.4 is 10.4 Å². The van der Waals surface area contributed by atoms with E-state index in [0.717, 1.165) is 22.3 Å². The van der Waals surface area contributed by atoms with Gasteiger partial charge in [-0.15, -0.1) is 13.2 Å². The number of alkyl halides is 3. The molecule has 0 aliphatic rings. The van der Waals surface area contributed by atoms with Crippen LogP contribution in [-0.2, 0) is 6.54 Å². The molecule has 1 aromatic carbocycles. The Balaban J connectivity index is 1.71. The molecule has 0 amide bonds. The first-order valence-electron chi connectivity index (χ1n) is 9.04. The number of aromatic hydroxyl groups is 1. The molecular weight excluding hydrogens is 415 g/mol. The molecule has 0 bridgehead atoms. The van der Waals surface area contributed by atoms with E-state index in [0.29, 0.717) is 17.1 Å². The number of halogens is 3. The fourth-order valence-electron chi connectivity index (χ4n) is 3.21. The van der Waals surface area contributed by atoms with Gasteiger partial charge in [-0.25, -0.2) is 14.3 Å². The smallest absolute Gasteiger partial charge is 0.493 e. The van der Waals surface area contributed by atoms with E-state index in [9.17, 15) is 23.1 Å². The first kappa shape index (κ1) is 20.3. The Bertz CT molecular complexity index is 1260. The third kappa shape index (κ3) is 4.02. The number of nitrogens with zero attached hydrogens (tertiary/aromatic N) is 4. The van der Waals surface area contributed by atoms with Crippen LogP contribution in [0.15, 0.2) is 59.9 Å². The van der Waals surface area contributed by atoms with Crippen molar-refractivity contribution in [3.05, 3.63) is 76.9 Å². The van der Waals surface area contributed by atoms with Crippen molar-refractivity contribution in [2.45, 2.75) is 19.8 Å². The molecule has 31 heavy (non-hydrogen) atoms. The molecule has 0 aliphatic carbocycles. The first-order valence-corrected chi connectivity index (χ1v) is 9.04. The van der Waals surface area contributed by atoms with Gasteiger partial charge in [-0.1, -0.05) is 0 Å². The lowest BCUT2D eigenvalue weighted by Gasteiger charge is -2.09. The Morgan fingerprint density at radius 2 is 1.90 bits per heavy atom. The highest BCUT2D eigenvalue weighted by atomic mass is 19.4. The van der Waals surface area contributed by atoms with Crippen LogP contribution in [0, 0.1) is 6.92 Å². The second kappa shape index (κ2) is 7.67. The molecule has 8 nitrogen and oxygen atoms in total. The summed E-state index contributed by atoms with van der Waals surface area (Å²) in [6, 6.07) is 6.39. The van der Waals surface area contributed by atoms with Gasteiger partial charge in [0.1, 0.15) is 11.6 Å². The minimum atomic E-state index is -4.82. The van der Waals surface area contributed by atoms with Gasteiger partial charge in [0.2, 0.25) is 5.88 Å². The van der Waals surface area contributed by atoms with Gasteiger partial charge < -0.3 is 14.8 Å². The summed E-state index contributed by atoms with van der Waals surface area (Å²) in [5.41, 5.74) is 1.37. The van der Waals surface area contributed by atoms with Gasteiger partial charge in [0, 0.05) is 30.4 Å². The number of aromatic amines is 1. The number of nitrogens with one attached hydrogen (secondary N) is 1. The predicted octanol–water partition coefficient (Wildman–Crippen LogP) is 3.39. The van der Waals surface area contributed by atoms with Crippen LogP contribution in [0.25, 0.3) is 17.1 Å². The van der Waals surface area contributed by atoms with Crippen molar-refractivity contribution in [3.8, 4) is 28.7 Å². The number of aromatic nitrogens is 5. The minimum Gasteiger partial charge on any atom is -0.493 e. The lowest BCUT2D eigenvalue weighted by Crippen LogP contribution is -2.24. The van der Waals surface area contributed by atoms with Crippen LogP contribution in [0.4, 0.5) is 13.2 Å². The molecule has 3 heterocycles. The van der Waals surface area contributed by atoms with Crippen LogP contribution in [0.3, 0.4) is 0 Å². The van der Waals surface area contributed by atoms with E-state index in [1.165, 1.54) is 16.7 Å². The summed E-state index contributed by atoms with van der Waals surface area (Å²) in [5.74, 6) is -0.166. The zero-order valence-corrected chi connectivity index (χ0v) is 16.1. The fourth-order valence-corrected chi connectivity index (χ4v) is 3.21. The summed E-state index contributed by atoms with van der Waals surface area (Å²) in [7, 11) is 0. The van der Waals surface area contributed by atoms with Gasteiger partial charge in [-0.3, -0.25) is 9.55 Å². The summed E-state index contributed by atoms with van der Waals surface area (Å²) >= 11 is 0. The third-order valence-corrected chi connectivity index (χ3v) is 4.68. The van der Waals surface area contributed by atoms with E-state index in [-0.39, 0.29) is 18.1 Å². The van der Waals surface area contributed by atoms with E-state index in [4.69, 9.17) is 0 Å². The zero-order chi connectivity index (χ0) is 22.2. The van der Waals surface area contributed by atoms with Crippen LogP contribution in [-0.4, -0.2) is 35.6 Å². The molecule has 0 aliphatic heterocycles. The molecule has 3 aromatic heterocycles. The average molecular weight is 431 g/mol. The molecule has 0 saturated carbocycles. The van der Waals surface area contributed by atoms with E-state index < -0.39 is 17.8 Å². The standard InChI is InChI=1S/C20H16F3N5O3/c1-12-18(29)28(14-2-4-15(5-3-14)31-20(21,22)23)19(30)27(12)11-13-6-7-24-10-16(13)17-25-8-9-26-17/h2-10,29H,11H2,1H3,(H,25,26). The average Bonchev–Trinajstić information content (AvgIpc) is 3.32. The molecule has 0 atom stereocenters. The van der Waals surface area contributed by atoms with Crippen molar-refractivity contribution in [1.82, 2.24) is 24.1 Å². The van der Waals surface area contributed by atoms with Crippen molar-refractivity contribution in [2.75, 3.05) is 0 Å². The third-order valence-electron chi connectivity index (χ3n) is 4.68. The Morgan fingerprint density at radius 1 is 1.16 bits per heavy atom. The fraction of sp³-hybridized carbons (Fsp3) is 0.150. The van der Waals surface area contributed by atoms with E-state index in [2.05, 4.69) is 19.7 Å². The second-order valence-corrected chi connectivity index (χ2v) is 6.63. The van der Waals surface area contributed by atoms with Crippen molar-refractivity contribution in [3.63, 3.8) is 0 Å². The summed E-state index contributed by atoms with van der Waals surface area (Å²) in [6.45, 7) is 1.70. The van der Waals surface area contributed by atoms with Crippen molar-refractivity contribution in [1.29, 1.82) is 0 Å². The highest BCUT2D eigenvalue weighted by Gasteiger charge is 2.31. The van der Waals surface area contributed by atoms with Gasteiger partial charge in [0.25, 0.3) is 0 Å². The SMILES string of the molecule is Cc1c(O)n(-c2ccc(OC(F)(F)F)cc2)c(=O)n1Cc1ccncc1-c1ncc[nH]1. The quantitative estimate of drug-likeness (QED) is 0.505. The second-order valence-electron chi connectivity index (χ2n) is 6.63. The topological polar surface area (TPSA) is 98.0 Å². The van der Waals surface area contributed by atoms with Crippen LogP contribution in [0.5, 0.6) is 11.6 Å². The molecule has 0 fully saturated rings. The number of hydrogen-bond acceptors (Lipinski definition) is 5. The van der Waals surface area contributed by atoms with Gasteiger partial charge >= 0.3 is 12.1 Å². The Hall–Kier alpha value is -4.02. The molecule has 4 rings (SSSR count). The van der Waals surface area contributed by atoms with E-state index in [1.54, 1.807) is 37.8 Å². The van der Waals surface area contributed by atoms with Gasteiger partial charge in [-0.2, -0.15) is 0 Å². The molecule has 0 unspecified atom stereocenters. The normalized spacial score (nSPS) is 11.6. The lowest BCUT2D eigenvalue weighted by molar-refractivity contribution is -0.274. The van der Waals surface area contributed by atoms with Crippen molar-refractivity contribution < 1.29 is 23.0 Å². The number of benzene rings is 1. The van der Waals surface area contributed by atoms with Crippen molar-refractivity contribution >= 4 is 0 Å². The minimum absolute atomic E-state index is 0.124. The number of pyridine rings is 1. The maximum atomic E-state index is 13.0. The van der Waals surface area contributed by atoms with E-state index >= 15 is 0 Å². The van der Waals surface area contributed by atoms with Crippen LogP contribution in [0.2, 0.25) is 0 Å². The predicted molar refractivity (Wildman–Crippen MR) is 104 cm³/mol. The van der Waals surface area contributed by atoms with Gasteiger partial charge in [-0.05, 0) is 42.8 Å². The molecule has 0 spiro atoms.